The summed E-state index contributed by atoms with van der Waals surface area (Å²) < 4.78 is 5.42. The Morgan fingerprint density at radius 1 is 1.03 bits per heavy atom. The first-order chi connectivity index (χ1) is 14.5. The van der Waals surface area contributed by atoms with Crippen molar-refractivity contribution in [2.45, 2.75) is 38.1 Å². The molecule has 2 aromatic carbocycles. The molecule has 0 spiro atoms. The van der Waals surface area contributed by atoms with Gasteiger partial charge in [-0.15, -0.1) is 0 Å². The molecule has 0 unspecified atom stereocenters. The molecule has 0 heterocycles. The zero-order valence-corrected chi connectivity index (χ0v) is 16.9. The Hall–Kier alpha value is -3.35. The molecule has 7 nitrogen and oxygen atoms in total. The first-order valence-corrected chi connectivity index (χ1v) is 10.1. The van der Waals surface area contributed by atoms with Crippen LogP contribution in [0.2, 0.25) is 0 Å². The smallest absolute Gasteiger partial charge is 0.407 e. The SMILES string of the molecule is CC[C@@H](CC(=O)O)NC(=O)CCNC(=O)OCC1c2ccccc2-c2ccccc21. The van der Waals surface area contributed by atoms with Crippen molar-refractivity contribution in [1.82, 2.24) is 10.6 Å². The van der Waals surface area contributed by atoms with Crippen molar-refractivity contribution >= 4 is 18.0 Å². The van der Waals surface area contributed by atoms with E-state index in [2.05, 4.69) is 22.8 Å². The first-order valence-electron chi connectivity index (χ1n) is 10.1. The van der Waals surface area contributed by atoms with Gasteiger partial charge < -0.3 is 20.5 Å². The summed E-state index contributed by atoms with van der Waals surface area (Å²) in [6, 6.07) is 15.8. The minimum atomic E-state index is -0.959. The molecule has 0 saturated heterocycles. The molecule has 7 heteroatoms. The standard InChI is InChI=1S/C23H26N2O5/c1-2-15(13-22(27)28)25-21(26)11-12-24-23(29)30-14-20-18-9-5-3-7-16(18)17-8-4-6-10-19(17)20/h3-10,15,20H,2,11-14H2,1H3,(H,24,29)(H,25,26)(H,27,28)/t15-/m0/s1. The van der Waals surface area contributed by atoms with Crippen LogP contribution in [0.3, 0.4) is 0 Å². The number of aliphatic carboxylic acids is 1. The molecule has 1 aliphatic carbocycles. The van der Waals surface area contributed by atoms with Gasteiger partial charge in [0.15, 0.2) is 0 Å². The lowest BCUT2D eigenvalue weighted by Gasteiger charge is -2.16. The van der Waals surface area contributed by atoms with Crippen LogP contribution >= 0.6 is 0 Å². The van der Waals surface area contributed by atoms with E-state index in [-0.39, 0.29) is 37.8 Å². The van der Waals surface area contributed by atoms with Crippen molar-refractivity contribution in [3.05, 3.63) is 59.7 Å². The number of carboxylic acids is 1. The predicted molar refractivity (Wildman–Crippen MR) is 112 cm³/mol. The van der Waals surface area contributed by atoms with Crippen molar-refractivity contribution in [2.75, 3.05) is 13.2 Å². The number of hydrogen-bond donors (Lipinski definition) is 3. The lowest BCUT2D eigenvalue weighted by Crippen LogP contribution is -2.38. The number of carbonyl (C=O) groups is 3. The van der Waals surface area contributed by atoms with Crippen molar-refractivity contribution < 1.29 is 24.2 Å². The Balaban J connectivity index is 1.46. The van der Waals surface area contributed by atoms with E-state index in [9.17, 15) is 14.4 Å². The Morgan fingerprint density at radius 2 is 1.63 bits per heavy atom. The number of carbonyl (C=O) groups excluding carboxylic acids is 2. The Bertz CT molecular complexity index is 882. The summed E-state index contributed by atoms with van der Waals surface area (Å²) in [5.74, 6) is -1.28. The van der Waals surface area contributed by atoms with E-state index in [1.165, 1.54) is 0 Å². The fourth-order valence-electron chi connectivity index (χ4n) is 3.74. The molecule has 30 heavy (non-hydrogen) atoms. The highest BCUT2D eigenvalue weighted by molar-refractivity contribution is 5.79. The Kier molecular flexibility index (Phi) is 7.06. The van der Waals surface area contributed by atoms with Gasteiger partial charge in [0.2, 0.25) is 5.91 Å². The lowest BCUT2D eigenvalue weighted by molar-refractivity contribution is -0.137. The minimum absolute atomic E-state index is 0.0206. The van der Waals surface area contributed by atoms with Crippen LogP contribution in [0.25, 0.3) is 11.1 Å². The first kappa shape index (κ1) is 21.4. The second-order valence-corrected chi connectivity index (χ2v) is 7.27. The maximum absolute atomic E-state index is 12.1. The number of rotatable bonds is 9. The highest BCUT2D eigenvalue weighted by atomic mass is 16.5. The molecule has 2 amide bonds. The van der Waals surface area contributed by atoms with Crippen molar-refractivity contribution in [3.8, 4) is 11.1 Å². The molecule has 0 aromatic heterocycles. The molecule has 2 aromatic rings. The van der Waals surface area contributed by atoms with Gasteiger partial charge in [-0.1, -0.05) is 55.5 Å². The Morgan fingerprint density at radius 3 is 2.20 bits per heavy atom. The van der Waals surface area contributed by atoms with Gasteiger partial charge >= 0.3 is 12.1 Å². The van der Waals surface area contributed by atoms with E-state index in [4.69, 9.17) is 9.84 Å². The summed E-state index contributed by atoms with van der Waals surface area (Å²) in [6.45, 7) is 2.14. The summed E-state index contributed by atoms with van der Waals surface area (Å²) in [7, 11) is 0. The van der Waals surface area contributed by atoms with Crippen LogP contribution in [0.15, 0.2) is 48.5 Å². The van der Waals surface area contributed by atoms with Gasteiger partial charge in [0, 0.05) is 24.9 Å². The van der Waals surface area contributed by atoms with E-state index >= 15 is 0 Å². The van der Waals surface area contributed by atoms with Crippen LogP contribution < -0.4 is 10.6 Å². The van der Waals surface area contributed by atoms with Crippen LogP contribution in [0, 0.1) is 0 Å². The number of amides is 2. The van der Waals surface area contributed by atoms with Gasteiger partial charge in [0.25, 0.3) is 0 Å². The van der Waals surface area contributed by atoms with E-state index in [0.717, 1.165) is 22.3 Å². The summed E-state index contributed by atoms with van der Waals surface area (Å²) in [4.78, 5) is 34.8. The van der Waals surface area contributed by atoms with E-state index in [1.54, 1.807) is 0 Å². The summed E-state index contributed by atoms with van der Waals surface area (Å²) >= 11 is 0. The average Bonchev–Trinajstić information content (AvgIpc) is 3.05. The van der Waals surface area contributed by atoms with E-state index in [1.807, 2.05) is 43.3 Å². The molecule has 0 saturated carbocycles. The molecule has 3 rings (SSSR count). The van der Waals surface area contributed by atoms with Gasteiger partial charge in [0.05, 0.1) is 6.42 Å². The summed E-state index contributed by atoms with van der Waals surface area (Å²) in [6.07, 6.45) is -0.123. The van der Waals surface area contributed by atoms with Crippen molar-refractivity contribution in [1.29, 1.82) is 0 Å². The number of carboxylic acid groups (broad SMARTS) is 1. The second-order valence-electron chi connectivity index (χ2n) is 7.27. The molecule has 0 aliphatic heterocycles. The van der Waals surface area contributed by atoms with Crippen LogP contribution in [0.1, 0.15) is 43.2 Å². The third-order valence-corrected chi connectivity index (χ3v) is 5.24. The average molecular weight is 410 g/mol. The topological polar surface area (TPSA) is 105 Å². The van der Waals surface area contributed by atoms with Gasteiger partial charge in [-0.05, 0) is 28.7 Å². The normalized spacial score (nSPS) is 13.1. The minimum Gasteiger partial charge on any atom is -0.481 e. The van der Waals surface area contributed by atoms with Crippen molar-refractivity contribution in [3.63, 3.8) is 0 Å². The van der Waals surface area contributed by atoms with Crippen LogP contribution in [-0.2, 0) is 14.3 Å². The molecule has 158 valence electrons. The molecular formula is C23H26N2O5. The third-order valence-electron chi connectivity index (χ3n) is 5.24. The summed E-state index contributed by atoms with van der Waals surface area (Å²) in [5, 5.41) is 14.1. The summed E-state index contributed by atoms with van der Waals surface area (Å²) in [5.41, 5.74) is 4.58. The van der Waals surface area contributed by atoms with Gasteiger partial charge in [-0.2, -0.15) is 0 Å². The largest absolute Gasteiger partial charge is 0.481 e. The number of fused-ring (bicyclic) bond motifs is 3. The highest BCUT2D eigenvalue weighted by Gasteiger charge is 2.28. The molecule has 1 atom stereocenters. The predicted octanol–water partition coefficient (Wildman–Crippen LogP) is 3.28. The maximum atomic E-state index is 12.1. The van der Waals surface area contributed by atoms with Crippen LogP contribution in [0.4, 0.5) is 4.79 Å². The molecular weight excluding hydrogens is 384 g/mol. The Labute approximate surface area is 175 Å². The van der Waals surface area contributed by atoms with Crippen LogP contribution in [0.5, 0.6) is 0 Å². The number of benzene rings is 2. The number of ether oxygens (including phenoxy) is 1. The number of alkyl carbamates (subject to hydrolysis) is 1. The molecule has 0 fully saturated rings. The monoisotopic (exact) mass is 410 g/mol. The number of nitrogens with one attached hydrogen (secondary N) is 2. The molecule has 0 bridgehead atoms. The fourth-order valence-corrected chi connectivity index (χ4v) is 3.74. The zero-order valence-electron chi connectivity index (χ0n) is 16.9. The highest BCUT2D eigenvalue weighted by Crippen LogP contribution is 2.44. The van der Waals surface area contributed by atoms with Gasteiger partial charge in [-0.25, -0.2) is 4.79 Å². The van der Waals surface area contributed by atoms with Gasteiger partial charge in [0.1, 0.15) is 6.61 Å². The lowest BCUT2D eigenvalue weighted by atomic mass is 9.98. The van der Waals surface area contributed by atoms with E-state index < -0.39 is 18.1 Å². The third kappa shape index (κ3) is 5.17. The zero-order chi connectivity index (χ0) is 21.5. The molecule has 0 radical (unpaired) electrons. The van der Waals surface area contributed by atoms with Gasteiger partial charge in [-0.3, -0.25) is 9.59 Å². The van der Waals surface area contributed by atoms with Crippen LogP contribution in [-0.4, -0.2) is 42.3 Å². The van der Waals surface area contributed by atoms with E-state index in [0.29, 0.717) is 6.42 Å². The maximum Gasteiger partial charge on any atom is 0.407 e. The molecule has 3 N–H and O–H groups in total. The second kappa shape index (κ2) is 9.91. The number of hydrogen-bond acceptors (Lipinski definition) is 4. The molecule has 1 aliphatic rings. The van der Waals surface area contributed by atoms with Crippen molar-refractivity contribution in [2.24, 2.45) is 0 Å². The fraction of sp³-hybridized carbons (Fsp3) is 0.348. The quantitative estimate of drug-likeness (QED) is 0.588.